The van der Waals surface area contributed by atoms with Crippen molar-refractivity contribution in [3.63, 3.8) is 0 Å². The normalized spacial score (nSPS) is 26.5. The van der Waals surface area contributed by atoms with Gasteiger partial charge in [0, 0.05) is 12.5 Å². The van der Waals surface area contributed by atoms with Crippen molar-refractivity contribution in [2.45, 2.75) is 64.6 Å². The smallest absolute Gasteiger partial charge is 0.314 e. The Morgan fingerprint density at radius 1 is 1.18 bits per heavy atom. The van der Waals surface area contributed by atoms with Crippen molar-refractivity contribution in [2.75, 3.05) is 6.54 Å². The van der Waals surface area contributed by atoms with Gasteiger partial charge in [0.1, 0.15) is 0 Å². The maximum absolute atomic E-state index is 12.0. The van der Waals surface area contributed by atoms with Crippen LogP contribution < -0.4 is 5.32 Å². The SMILES string of the molecule is CC(C)C1CCCCC1NCCCC(F)(F)F. The van der Waals surface area contributed by atoms with Crippen molar-refractivity contribution in [2.24, 2.45) is 11.8 Å². The van der Waals surface area contributed by atoms with E-state index in [1.165, 1.54) is 19.3 Å². The zero-order chi connectivity index (χ0) is 12.9. The van der Waals surface area contributed by atoms with Crippen molar-refractivity contribution in [1.29, 1.82) is 0 Å². The zero-order valence-electron chi connectivity index (χ0n) is 10.8. The summed E-state index contributed by atoms with van der Waals surface area (Å²) in [6.07, 6.45) is 0.336. The highest BCUT2D eigenvalue weighted by Crippen LogP contribution is 2.30. The van der Waals surface area contributed by atoms with Crippen molar-refractivity contribution in [3.8, 4) is 0 Å². The Labute approximate surface area is 102 Å². The van der Waals surface area contributed by atoms with Crippen LogP contribution in [0.25, 0.3) is 0 Å². The van der Waals surface area contributed by atoms with Crippen molar-refractivity contribution < 1.29 is 13.2 Å². The average molecular weight is 251 g/mol. The molecular formula is C13H24F3N. The molecule has 102 valence electrons. The summed E-state index contributed by atoms with van der Waals surface area (Å²) in [5.41, 5.74) is 0. The van der Waals surface area contributed by atoms with Gasteiger partial charge in [-0.05, 0) is 37.6 Å². The third-order valence-electron chi connectivity index (χ3n) is 3.72. The van der Waals surface area contributed by atoms with Gasteiger partial charge in [-0.3, -0.25) is 0 Å². The number of halogens is 3. The first-order valence-corrected chi connectivity index (χ1v) is 6.70. The van der Waals surface area contributed by atoms with Crippen molar-refractivity contribution in [3.05, 3.63) is 0 Å². The summed E-state index contributed by atoms with van der Waals surface area (Å²) < 4.78 is 36.0. The second kappa shape index (κ2) is 6.62. The van der Waals surface area contributed by atoms with Gasteiger partial charge in [0.2, 0.25) is 0 Å². The fourth-order valence-corrected chi connectivity index (χ4v) is 2.79. The predicted octanol–water partition coefficient (Wildman–Crippen LogP) is 4.13. The molecule has 0 aromatic carbocycles. The minimum atomic E-state index is -4.01. The molecule has 0 heterocycles. The molecule has 0 saturated heterocycles. The van der Waals surface area contributed by atoms with Crippen LogP contribution in [0.4, 0.5) is 13.2 Å². The summed E-state index contributed by atoms with van der Waals surface area (Å²) in [5.74, 6) is 1.25. The molecule has 0 aromatic heterocycles. The van der Waals surface area contributed by atoms with Crippen LogP contribution in [0.3, 0.4) is 0 Å². The minimum absolute atomic E-state index is 0.199. The van der Waals surface area contributed by atoms with Gasteiger partial charge in [0.05, 0.1) is 0 Å². The lowest BCUT2D eigenvalue weighted by Crippen LogP contribution is -2.41. The molecule has 0 amide bonds. The van der Waals surface area contributed by atoms with Crippen LogP contribution in [0.2, 0.25) is 0 Å². The molecule has 1 fully saturated rings. The summed E-state index contributed by atoms with van der Waals surface area (Å²) in [5, 5.41) is 3.33. The maximum Gasteiger partial charge on any atom is 0.389 e. The van der Waals surface area contributed by atoms with Crippen LogP contribution in [-0.4, -0.2) is 18.8 Å². The first kappa shape index (κ1) is 14.8. The van der Waals surface area contributed by atoms with E-state index in [1.54, 1.807) is 0 Å². The second-order valence-electron chi connectivity index (χ2n) is 5.47. The van der Waals surface area contributed by atoms with E-state index in [1.807, 2.05) is 0 Å². The molecule has 0 aromatic rings. The molecule has 1 nitrogen and oxygen atoms in total. The highest BCUT2D eigenvalue weighted by atomic mass is 19.4. The van der Waals surface area contributed by atoms with Gasteiger partial charge >= 0.3 is 6.18 Å². The first-order valence-electron chi connectivity index (χ1n) is 6.70. The molecule has 1 aliphatic carbocycles. The summed E-state index contributed by atoms with van der Waals surface area (Å²) in [6, 6.07) is 0.428. The topological polar surface area (TPSA) is 12.0 Å². The van der Waals surface area contributed by atoms with Crippen molar-refractivity contribution in [1.82, 2.24) is 5.32 Å². The number of alkyl halides is 3. The summed E-state index contributed by atoms with van der Waals surface area (Å²) in [6.45, 7) is 4.91. The van der Waals surface area contributed by atoms with Gasteiger partial charge in [0.25, 0.3) is 0 Å². The van der Waals surface area contributed by atoms with E-state index in [2.05, 4.69) is 19.2 Å². The van der Waals surface area contributed by atoms with Crippen LogP contribution in [0.5, 0.6) is 0 Å². The third-order valence-corrected chi connectivity index (χ3v) is 3.72. The molecule has 0 spiro atoms. The van der Waals surface area contributed by atoms with E-state index in [4.69, 9.17) is 0 Å². The average Bonchev–Trinajstić information content (AvgIpc) is 2.23. The van der Waals surface area contributed by atoms with Crippen molar-refractivity contribution >= 4 is 0 Å². The molecule has 1 saturated carbocycles. The summed E-state index contributed by atoms with van der Waals surface area (Å²) >= 11 is 0. The van der Waals surface area contributed by atoms with Gasteiger partial charge in [0.15, 0.2) is 0 Å². The Morgan fingerprint density at radius 2 is 1.82 bits per heavy atom. The fourth-order valence-electron chi connectivity index (χ4n) is 2.79. The van der Waals surface area contributed by atoms with Gasteiger partial charge in [-0.1, -0.05) is 26.7 Å². The van der Waals surface area contributed by atoms with E-state index < -0.39 is 12.6 Å². The molecule has 0 aliphatic heterocycles. The Hall–Kier alpha value is -0.250. The predicted molar refractivity (Wildman–Crippen MR) is 63.9 cm³/mol. The van der Waals surface area contributed by atoms with Gasteiger partial charge in [-0.2, -0.15) is 13.2 Å². The highest BCUT2D eigenvalue weighted by molar-refractivity contribution is 4.82. The highest BCUT2D eigenvalue weighted by Gasteiger charge is 2.28. The molecule has 17 heavy (non-hydrogen) atoms. The first-order chi connectivity index (χ1) is 7.90. The third kappa shape index (κ3) is 5.75. The van der Waals surface area contributed by atoms with Crippen LogP contribution in [0.15, 0.2) is 0 Å². The standard InChI is InChI=1S/C13H24F3N/c1-10(2)11-6-3-4-7-12(11)17-9-5-8-13(14,15)16/h10-12,17H,3-9H2,1-2H3. The number of hydrogen-bond acceptors (Lipinski definition) is 1. The summed E-state index contributed by atoms with van der Waals surface area (Å²) in [4.78, 5) is 0. The quantitative estimate of drug-likeness (QED) is 0.724. The Balaban J connectivity index is 2.24. The molecule has 1 N–H and O–H groups in total. The van der Waals surface area contributed by atoms with E-state index >= 15 is 0 Å². The molecule has 4 heteroatoms. The Morgan fingerprint density at radius 3 is 2.41 bits per heavy atom. The maximum atomic E-state index is 12.0. The van der Waals surface area contributed by atoms with E-state index in [-0.39, 0.29) is 6.42 Å². The number of hydrogen-bond donors (Lipinski definition) is 1. The van der Waals surface area contributed by atoms with E-state index in [9.17, 15) is 13.2 Å². The minimum Gasteiger partial charge on any atom is -0.314 e. The lowest BCUT2D eigenvalue weighted by atomic mass is 9.78. The second-order valence-corrected chi connectivity index (χ2v) is 5.47. The lowest BCUT2D eigenvalue weighted by molar-refractivity contribution is -0.135. The van der Waals surface area contributed by atoms with Crippen LogP contribution in [-0.2, 0) is 0 Å². The molecule has 2 unspecified atom stereocenters. The summed E-state index contributed by atoms with van der Waals surface area (Å²) in [7, 11) is 0. The van der Waals surface area contributed by atoms with Gasteiger partial charge < -0.3 is 5.32 Å². The molecular weight excluding hydrogens is 227 g/mol. The van der Waals surface area contributed by atoms with Crippen LogP contribution in [0, 0.1) is 11.8 Å². The van der Waals surface area contributed by atoms with Gasteiger partial charge in [-0.25, -0.2) is 0 Å². The molecule has 2 atom stereocenters. The molecule has 0 radical (unpaired) electrons. The van der Waals surface area contributed by atoms with Crippen LogP contribution in [0.1, 0.15) is 52.4 Å². The largest absolute Gasteiger partial charge is 0.389 e. The molecule has 1 rings (SSSR count). The van der Waals surface area contributed by atoms with Gasteiger partial charge in [-0.15, -0.1) is 0 Å². The monoisotopic (exact) mass is 251 g/mol. The molecule has 1 aliphatic rings. The Kier molecular flexibility index (Phi) is 5.77. The lowest BCUT2D eigenvalue weighted by Gasteiger charge is -2.35. The number of rotatable bonds is 5. The number of nitrogens with one attached hydrogen (secondary N) is 1. The zero-order valence-corrected chi connectivity index (χ0v) is 10.8. The fraction of sp³-hybridized carbons (Fsp3) is 1.00. The molecule has 0 bridgehead atoms. The Bertz CT molecular complexity index is 213. The van der Waals surface area contributed by atoms with Crippen LogP contribution >= 0.6 is 0 Å². The van der Waals surface area contributed by atoms with E-state index in [0.29, 0.717) is 24.4 Å². The van der Waals surface area contributed by atoms with E-state index in [0.717, 1.165) is 6.42 Å².